The Hall–Kier alpha value is -5.20. The number of hydrogen-bond acceptors (Lipinski definition) is 5. The van der Waals surface area contributed by atoms with E-state index in [1.807, 2.05) is 36.8 Å². The summed E-state index contributed by atoms with van der Waals surface area (Å²) in [6.07, 6.45) is 5.60. The van der Waals surface area contributed by atoms with Crippen LogP contribution in [-0.4, -0.2) is 24.3 Å². The van der Waals surface area contributed by atoms with E-state index in [4.69, 9.17) is 19.9 Å². The molecule has 5 aromatic heterocycles. The predicted molar refractivity (Wildman–Crippen MR) is 162 cm³/mol. The second-order valence-electron chi connectivity index (χ2n) is 9.93. The van der Waals surface area contributed by atoms with Gasteiger partial charge in [-0.05, 0) is 58.7 Å². The van der Waals surface area contributed by atoms with Crippen LogP contribution in [0.3, 0.4) is 0 Å². The molecule has 0 bridgehead atoms. The van der Waals surface area contributed by atoms with Crippen LogP contribution in [0.25, 0.3) is 82.2 Å². The van der Waals surface area contributed by atoms with Crippen LogP contribution in [0.15, 0.2) is 116 Å². The zero-order chi connectivity index (χ0) is 26.2. The average Bonchev–Trinajstić information content (AvgIpc) is 3.56. The maximum Gasteiger partial charge on any atom is 0.195 e. The van der Waals surface area contributed by atoms with Gasteiger partial charge in [-0.25, -0.2) is 4.98 Å². The minimum atomic E-state index is 0.887. The standard InChI is InChI=1S/C34H19N5S/c1-2-8-22-21(7-1)23-14-13-20(19-26(23)25-10-6-17-36-32(25)31-24(22)9-5-16-35-31)30-33-29(15-18-37-30)39-28-12-4-3-11-27(28)38-34(39)40-33/h1-19H. The highest BCUT2D eigenvalue weighted by atomic mass is 32.1. The van der Waals surface area contributed by atoms with Crippen LogP contribution < -0.4 is 0 Å². The number of para-hydroxylation sites is 2. The Morgan fingerprint density at radius 3 is 1.98 bits per heavy atom. The molecule has 3 aromatic carbocycles. The van der Waals surface area contributed by atoms with Gasteiger partial charge in [0.25, 0.3) is 0 Å². The fourth-order valence-electron chi connectivity index (χ4n) is 6.04. The summed E-state index contributed by atoms with van der Waals surface area (Å²) in [5.41, 5.74) is 13.8. The smallest absolute Gasteiger partial charge is 0.195 e. The van der Waals surface area contributed by atoms with Gasteiger partial charge in [-0.1, -0.05) is 72.0 Å². The lowest BCUT2D eigenvalue weighted by atomic mass is 9.83. The first-order chi connectivity index (χ1) is 19.8. The van der Waals surface area contributed by atoms with Gasteiger partial charge in [-0.3, -0.25) is 19.4 Å². The number of hydrogen-bond donors (Lipinski definition) is 0. The topological polar surface area (TPSA) is 56.0 Å². The molecule has 0 fully saturated rings. The van der Waals surface area contributed by atoms with E-state index in [1.54, 1.807) is 11.3 Å². The van der Waals surface area contributed by atoms with Gasteiger partial charge in [0.15, 0.2) is 4.96 Å². The minimum absolute atomic E-state index is 0.887. The Bertz CT molecular complexity index is 2290. The van der Waals surface area contributed by atoms with E-state index >= 15 is 0 Å². The highest BCUT2D eigenvalue weighted by Gasteiger charge is 2.24. The van der Waals surface area contributed by atoms with Gasteiger partial charge in [0.2, 0.25) is 0 Å². The Morgan fingerprint density at radius 1 is 0.500 bits per heavy atom. The van der Waals surface area contributed by atoms with E-state index in [2.05, 4.69) is 83.3 Å². The van der Waals surface area contributed by atoms with Crippen molar-refractivity contribution in [3.63, 3.8) is 0 Å². The quantitative estimate of drug-likeness (QED) is 0.214. The molecule has 0 saturated carbocycles. The van der Waals surface area contributed by atoms with Crippen molar-refractivity contribution in [3.05, 3.63) is 116 Å². The van der Waals surface area contributed by atoms with Gasteiger partial charge in [0.05, 0.1) is 38.3 Å². The third-order valence-electron chi connectivity index (χ3n) is 7.78. The summed E-state index contributed by atoms with van der Waals surface area (Å²) in [4.78, 5) is 20.4. The predicted octanol–water partition coefficient (Wildman–Crippen LogP) is 8.54. The van der Waals surface area contributed by atoms with Crippen molar-refractivity contribution in [2.45, 2.75) is 0 Å². The van der Waals surface area contributed by atoms with E-state index in [-0.39, 0.29) is 0 Å². The first-order valence-electron chi connectivity index (χ1n) is 13.1. The number of benzene rings is 3. The molecule has 186 valence electrons. The van der Waals surface area contributed by atoms with Crippen LogP contribution >= 0.6 is 11.3 Å². The molecule has 1 aliphatic rings. The maximum absolute atomic E-state index is 4.90. The van der Waals surface area contributed by atoms with Crippen LogP contribution in [0.2, 0.25) is 0 Å². The van der Waals surface area contributed by atoms with Gasteiger partial charge >= 0.3 is 0 Å². The first kappa shape index (κ1) is 21.7. The first-order valence-corrected chi connectivity index (χ1v) is 14.0. The summed E-state index contributed by atoms with van der Waals surface area (Å²) in [5, 5.41) is 0. The molecule has 0 aliphatic heterocycles. The second-order valence-corrected chi connectivity index (χ2v) is 10.9. The van der Waals surface area contributed by atoms with Crippen molar-refractivity contribution in [3.8, 4) is 56.0 Å². The summed E-state index contributed by atoms with van der Waals surface area (Å²) in [6, 6.07) is 33.9. The van der Waals surface area contributed by atoms with E-state index in [0.29, 0.717) is 0 Å². The zero-order valence-corrected chi connectivity index (χ0v) is 21.9. The molecular weight excluding hydrogens is 510 g/mol. The number of fused-ring (bicyclic) bond motifs is 13. The highest BCUT2D eigenvalue weighted by Crippen LogP contribution is 2.47. The largest absolute Gasteiger partial charge is 0.283 e. The molecule has 5 heterocycles. The van der Waals surface area contributed by atoms with E-state index in [1.165, 1.54) is 11.1 Å². The Balaban J connectivity index is 1.34. The molecule has 0 atom stereocenters. The van der Waals surface area contributed by atoms with Crippen molar-refractivity contribution in [1.29, 1.82) is 0 Å². The number of nitrogens with zero attached hydrogens (tertiary/aromatic N) is 5. The number of aromatic nitrogens is 5. The average molecular weight is 530 g/mol. The summed E-state index contributed by atoms with van der Waals surface area (Å²) in [7, 11) is 0. The van der Waals surface area contributed by atoms with Crippen LogP contribution in [0.1, 0.15) is 0 Å². The monoisotopic (exact) mass is 529 g/mol. The number of rotatable bonds is 1. The molecule has 40 heavy (non-hydrogen) atoms. The molecule has 0 unspecified atom stereocenters. The molecule has 8 aromatic rings. The SMILES string of the molecule is c1ccc2c(c1)-c1ccc(-c3nccc4c3sc3nc5ccccc5n34)cc1-c1cccnc1-c1ncccc1-2. The van der Waals surface area contributed by atoms with Gasteiger partial charge in [0, 0.05) is 35.3 Å². The third-order valence-corrected chi connectivity index (χ3v) is 8.84. The Morgan fingerprint density at radius 2 is 1.15 bits per heavy atom. The van der Waals surface area contributed by atoms with Crippen molar-refractivity contribution in [1.82, 2.24) is 24.3 Å². The maximum atomic E-state index is 4.90. The molecule has 0 radical (unpaired) electrons. The van der Waals surface area contributed by atoms with Crippen molar-refractivity contribution in [2.24, 2.45) is 0 Å². The summed E-state index contributed by atoms with van der Waals surface area (Å²) in [5.74, 6) is 0. The number of thiazole rings is 1. The normalized spacial score (nSPS) is 12.0. The summed E-state index contributed by atoms with van der Waals surface area (Å²) in [6.45, 7) is 0. The molecule has 6 heteroatoms. The van der Waals surface area contributed by atoms with Gasteiger partial charge < -0.3 is 0 Å². The minimum Gasteiger partial charge on any atom is -0.283 e. The Labute approximate surface area is 233 Å². The molecule has 1 aliphatic carbocycles. The fourth-order valence-corrected chi connectivity index (χ4v) is 7.19. The molecule has 5 nitrogen and oxygen atoms in total. The van der Waals surface area contributed by atoms with Gasteiger partial charge in [0.1, 0.15) is 0 Å². The lowest BCUT2D eigenvalue weighted by Crippen LogP contribution is -2.00. The molecule has 0 N–H and O–H groups in total. The molecule has 9 rings (SSSR count). The lowest BCUT2D eigenvalue weighted by Gasteiger charge is -2.22. The van der Waals surface area contributed by atoms with Crippen molar-refractivity contribution in [2.75, 3.05) is 0 Å². The van der Waals surface area contributed by atoms with Gasteiger partial charge in [-0.2, -0.15) is 0 Å². The Kier molecular flexibility index (Phi) is 4.42. The highest BCUT2D eigenvalue weighted by molar-refractivity contribution is 7.24. The molecule has 0 saturated heterocycles. The van der Waals surface area contributed by atoms with E-state index in [9.17, 15) is 0 Å². The number of pyridine rings is 3. The van der Waals surface area contributed by atoms with Crippen LogP contribution in [0.5, 0.6) is 0 Å². The van der Waals surface area contributed by atoms with Crippen molar-refractivity contribution < 1.29 is 0 Å². The summed E-state index contributed by atoms with van der Waals surface area (Å²) < 4.78 is 3.37. The van der Waals surface area contributed by atoms with E-state index < -0.39 is 0 Å². The van der Waals surface area contributed by atoms with Crippen LogP contribution in [0.4, 0.5) is 0 Å². The zero-order valence-electron chi connectivity index (χ0n) is 21.1. The number of imidazole rings is 1. The molecule has 0 amide bonds. The third kappa shape index (κ3) is 2.96. The molecule has 0 spiro atoms. The van der Waals surface area contributed by atoms with Crippen LogP contribution in [0, 0.1) is 0 Å². The fraction of sp³-hybridized carbons (Fsp3) is 0. The lowest BCUT2D eigenvalue weighted by molar-refractivity contribution is 1.24. The van der Waals surface area contributed by atoms with E-state index in [0.717, 1.165) is 71.1 Å². The summed E-state index contributed by atoms with van der Waals surface area (Å²) >= 11 is 1.69. The second kappa shape index (κ2) is 8.15. The van der Waals surface area contributed by atoms with Gasteiger partial charge in [-0.15, -0.1) is 0 Å². The van der Waals surface area contributed by atoms with Crippen LogP contribution in [-0.2, 0) is 0 Å². The molecular formula is C34H19N5S. The van der Waals surface area contributed by atoms with Crippen molar-refractivity contribution >= 4 is 37.5 Å².